The van der Waals surface area contributed by atoms with E-state index in [0.717, 1.165) is 22.4 Å². The van der Waals surface area contributed by atoms with Gasteiger partial charge in [0, 0.05) is 18.0 Å². The van der Waals surface area contributed by atoms with Crippen LogP contribution in [0.25, 0.3) is 16.6 Å². The van der Waals surface area contributed by atoms with Crippen molar-refractivity contribution in [3.8, 4) is 5.69 Å². The van der Waals surface area contributed by atoms with Gasteiger partial charge in [0.2, 0.25) is 0 Å². The average Bonchev–Trinajstić information content (AvgIpc) is 3.21. The molecule has 6 nitrogen and oxygen atoms in total. The molecule has 0 bridgehead atoms. The lowest BCUT2D eigenvalue weighted by molar-refractivity contribution is 0.671. The second kappa shape index (κ2) is 9.80. The Bertz CT molecular complexity index is 1280. The highest BCUT2D eigenvalue weighted by molar-refractivity contribution is 7.99. The van der Waals surface area contributed by atoms with E-state index < -0.39 is 0 Å². The molecule has 0 saturated carbocycles. The zero-order valence-corrected chi connectivity index (χ0v) is 18.5. The Hall–Kier alpha value is -3.10. The fraction of sp³-hybridized carbons (Fsp3) is 0.130. The van der Waals surface area contributed by atoms with Gasteiger partial charge >= 0.3 is 0 Å². The molecule has 2 aromatic carbocycles. The Labute approximate surface area is 188 Å². The molecule has 0 unspecified atom stereocenters. The lowest BCUT2D eigenvalue weighted by atomic mass is 10.2. The minimum Gasteiger partial charge on any atom is -0.283 e. The molecule has 0 aliphatic carbocycles. The number of nitrogens with zero attached hydrogens (tertiary/aromatic N) is 5. The average molecular weight is 448 g/mol. The predicted molar refractivity (Wildman–Crippen MR) is 128 cm³/mol. The number of allylic oxidation sites excluding steroid dienone is 1. The molecular formula is C23H21N5OS2. The van der Waals surface area contributed by atoms with Crippen molar-refractivity contribution < 1.29 is 0 Å². The van der Waals surface area contributed by atoms with Gasteiger partial charge in [-0.15, -0.1) is 23.4 Å². The van der Waals surface area contributed by atoms with E-state index in [1.165, 1.54) is 11.8 Å². The first-order valence-electron chi connectivity index (χ1n) is 9.69. The molecule has 0 atom stereocenters. The minimum atomic E-state index is -0.0697. The van der Waals surface area contributed by atoms with Gasteiger partial charge in [0.1, 0.15) is 5.82 Å². The second-order valence-electron chi connectivity index (χ2n) is 6.57. The Morgan fingerprint density at radius 3 is 2.45 bits per heavy atom. The molecule has 31 heavy (non-hydrogen) atoms. The van der Waals surface area contributed by atoms with E-state index in [2.05, 4.69) is 23.4 Å². The van der Waals surface area contributed by atoms with Gasteiger partial charge in [-0.1, -0.05) is 66.0 Å². The standard InChI is InChI=1S/C23H21N5OS2/c1-3-14-27-21(29)18-12-8-9-13-19(18)24-22(27)31-16-20-25-26-23(30-15-4-2)28(20)17-10-6-5-7-11-17/h3-13H,1-2,14-16H2. The van der Waals surface area contributed by atoms with E-state index in [1.54, 1.807) is 28.5 Å². The molecule has 0 aliphatic heterocycles. The van der Waals surface area contributed by atoms with Gasteiger partial charge in [-0.2, -0.15) is 0 Å². The summed E-state index contributed by atoms with van der Waals surface area (Å²) in [6.45, 7) is 7.97. The maximum Gasteiger partial charge on any atom is 0.262 e. The largest absolute Gasteiger partial charge is 0.283 e. The van der Waals surface area contributed by atoms with Crippen LogP contribution in [0.3, 0.4) is 0 Å². The monoisotopic (exact) mass is 447 g/mol. The SMILES string of the molecule is C=CCSc1nnc(CSc2nc3ccccc3c(=O)n2CC=C)n1-c1ccccc1. The topological polar surface area (TPSA) is 65.6 Å². The Balaban J connectivity index is 1.71. The van der Waals surface area contributed by atoms with Crippen molar-refractivity contribution in [2.75, 3.05) is 5.75 Å². The van der Waals surface area contributed by atoms with Crippen molar-refractivity contribution in [2.45, 2.75) is 22.6 Å². The summed E-state index contributed by atoms with van der Waals surface area (Å²) in [6.07, 6.45) is 3.55. The zero-order valence-electron chi connectivity index (χ0n) is 16.8. The number of hydrogen-bond donors (Lipinski definition) is 0. The zero-order chi connectivity index (χ0) is 21.6. The highest BCUT2D eigenvalue weighted by Gasteiger charge is 2.17. The molecule has 0 N–H and O–H groups in total. The maximum atomic E-state index is 13.0. The molecule has 4 aromatic rings. The number of hydrogen-bond acceptors (Lipinski definition) is 6. The lowest BCUT2D eigenvalue weighted by Gasteiger charge is -2.12. The van der Waals surface area contributed by atoms with E-state index in [9.17, 15) is 4.79 Å². The van der Waals surface area contributed by atoms with Gasteiger partial charge in [-0.05, 0) is 24.3 Å². The van der Waals surface area contributed by atoms with Gasteiger partial charge in [-0.25, -0.2) is 4.98 Å². The van der Waals surface area contributed by atoms with E-state index >= 15 is 0 Å². The number of fused-ring (bicyclic) bond motifs is 1. The van der Waals surface area contributed by atoms with Crippen LogP contribution in [0.1, 0.15) is 5.82 Å². The second-order valence-corrected chi connectivity index (χ2v) is 8.50. The quantitative estimate of drug-likeness (QED) is 0.210. The van der Waals surface area contributed by atoms with Gasteiger partial charge in [0.05, 0.1) is 16.7 Å². The third-order valence-corrected chi connectivity index (χ3v) is 6.41. The molecule has 8 heteroatoms. The van der Waals surface area contributed by atoms with E-state index in [1.807, 2.05) is 59.2 Å². The molecule has 0 amide bonds. The number of aromatic nitrogens is 5. The predicted octanol–water partition coefficient (Wildman–Crippen LogP) is 4.73. The first-order valence-corrected chi connectivity index (χ1v) is 11.7. The Kier molecular flexibility index (Phi) is 6.69. The lowest BCUT2D eigenvalue weighted by Crippen LogP contribution is -2.22. The highest BCUT2D eigenvalue weighted by Crippen LogP contribution is 2.27. The molecule has 4 rings (SSSR count). The summed E-state index contributed by atoms with van der Waals surface area (Å²) < 4.78 is 3.69. The van der Waals surface area contributed by atoms with Crippen molar-refractivity contribution in [1.82, 2.24) is 24.3 Å². The van der Waals surface area contributed by atoms with Crippen LogP contribution in [0.2, 0.25) is 0 Å². The van der Waals surface area contributed by atoms with Crippen molar-refractivity contribution in [2.24, 2.45) is 0 Å². The van der Waals surface area contributed by atoms with Crippen LogP contribution in [-0.4, -0.2) is 30.1 Å². The first-order chi connectivity index (χ1) is 15.2. The summed E-state index contributed by atoms with van der Waals surface area (Å²) in [5.74, 6) is 2.04. The van der Waals surface area contributed by atoms with Crippen LogP contribution in [0.4, 0.5) is 0 Å². The fourth-order valence-electron chi connectivity index (χ4n) is 3.13. The number of benzene rings is 2. The summed E-state index contributed by atoms with van der Waals surface area (Å²) in [5.41, 5.74) is 1.60. The van der Waals surface area contributed by atoms with Gasteiger partial charge < -0.3 is 0 Å². The van der Waals surface area contributed by atoms with Crippen LogP contribution in [0, 0.1) is 0 Å². The first kappa shape index (κ1) is 21.1. The van der Waals surface area contributed by atoms with Crippen molar-refractivity contribution >= 4 is 34.4 Å². The smallest absolute Gasteiger partial charge is 0.262 e. The molecule has 0 radical (unpaired) electrons. The van der Waals surface area contributed by atoms with Crippen LogP contribution < -0.4 is 5.56 Å². The molecule has 2 aromatic heterocycles. The third-order valence-electron chi connectivity index (χ3n) is 4.51. The summed E-state index contributed by atoms with van der Waals surface area (Å²) >= 11 is 3.04. The highest BCUT2D eigenvalue weighted by atomic mass is 32.2. The molecule has 0 saturated heterocycles. The van der Waals surface area contributed by atoms with E-state index in [4.69, 9.17) is 4.98 Å². The van der Waals surface area contributed by atoms with Crippen LogP contribution in [0.5, 0.6) is 0 Å². The number of para-hydroxylation sites is 2. The maximum absolute atomic E-state index is 13.0. The minimum absolute atomic E-state index is 0.0697. The van der Waals surface area contributed by atoms with Gasteiger partial charge in [-0.3, -0.25) is 13.9 Å². The molecule has 2 heterocycles. The number of rotatable bonds is 9. The van der Waals surface area contributed by atoms with Crippen LogP contribution >= 0.6 is 23.5 Å². The Morgan fingerprint density at radius 2 is 1.68 bits per heavy atom. The number of thioether (sulfide) groups is 2. The van der Waals surface area contributed by atoms with Crippen molar-refractivity contribution in [1.29, 1.82) is 0 Å². The van der Waals surface area contributed by atoms with Crippen LogP contribution in [0.15, 0.2) is 95.0 Å². The van der Waals surface area contributed by atoms with Gasteiger partial charge in [0.15, 0.2) is 10.3 Å². The molecule has 0 spiro atoms. The summed E-state index contributed by atoms with van der Waals surface area (Å²) in [6, 6.07) is 17.4. The van der Waals surface area contributed by atoms with Crippen molar-refractivity contribution in [3.05, 3.63) is 96.1 Å². The normalized spacial score (nSPS) is 11.0. The molecule has 156 valence electrons. The van der Waals surface area contributed by atoms with Crippen molar-refractivity contribution in [3.63, 3.8) is 0 Å². The Morgan fingerprint density at radius 1 is 0.903 bits per heavy atom. The fourth-order valence-corrected chi connectivity index (χ4v) is 4.76. The summed E-state index contributed by atoms with van der Waals surface area (Å²) in [5, 5.41) is 10.8. The molecular weight excluding hydrogens is 426 g/mol. The summed E-state index contributed by atoms with van der Waals surface area (Å²) in [7, 11) is 0. The van der Waals surface area contributed by atoms with E-state index in [-0.39, 0.29) is 5.56 Å². The molecule has 0 aliphatic rings. The molecule has 0 fully saturated rings. The third kappa shape index (κ3) is 4.50. The van der Waals surface area contributed by atoms with E-state index in [0.29, 0.717) is 28.4 Å². The van der Waals surface area contributed by atoms with Gasteiger partial charge in [0.25, 0.3) is 5.56 Å². The summed E-state index contributed by atoms with van der Waals surface area (Å²) in [4.78, 5) is 17.7. The van der Waals surface area contributed by atoms with Crippen LogP contribution in [-0.2, 0) is 12.3 Å².